The molecule has 106 valence electrons. The molecule has 1 N–H and O–H groups in total. The standard InChI is InChI=1S/C16H20ClN3/c1-18-12-14-4-3-5-15(17)16(14)20(2)11-8-13-6-9-19-10-7-13/h3-7,9-10,18H,8,11-12H2,1-2H3. The molecule has 2 aromatic rings. The molecule has 0 atom stereocenters. The molecule has 0 saturated heterocycles. The summed E-state index contributed by atoms with van der Waals surface area (Å²) in [5.74, 6) is 0. The van der Waals surface area contributed by atoms with Crippen LogP contribution in [-0.4, -0.2) is 25.6 Å². The molecule has 0 spiro atoms. The summed E-state index contributed by atoms with van der Waals surface area (Å²) in [4.78, 5) is 6.26. The lowest BCUT2D eigenvalue weighted by atomic mass is 10.1. The molecule has 0 saturated carbocycles. The predicted molar refractivity (Wildman–Crippen MR) is 85.4 cm³/mol. The molecule has 0 aliphatic rings. The van der Waals surface area contributed by atoms with Crippen LogP contribution in [0.15, 0.2) is 42.7 Å². The number of hydrogen-bond donors (Lipinski definition) is 1. The van der Waals surface area contributed by atoms with E-state index in [2.05, 4.69) is 40.4 Å². The van der Waals surface area contributed by atoms with Crippen LogP contribution in [-0.2, 0) is 13.0 Å². The summed E-state index contributed by atoms with van der Waals surface area (Å²) in [6.45, 7) is 1.74. The molecule has 1 heterocycles. The zero-order valence-electron chi connectivity index (χ0n) is 11.9. The minimum absolute atomic E-state index is 0.801. The fourth-order valence-electron chi connectivity index (χ4n) is 2.28. The van der Waals surface area contributed by atoms with Crippen molar-refractivity contribution in [3.8, 4) is 0 Å². The number of anilines is 1. The highest BCUT2D eigenvalue weighted by Gasteiger charge is 2.11. The quantitative estimate of drug-likeness (QED) is 0.885. The van der Waals surface area contributed by atoms with Gasteiger partial charge in [-0.3, -0.25) is 4.98 Å². The van der Waals surface area contributed by atoms with Crippen molar-refractivity contribution in [1.29, 1.82) is 0 Å². The number of rotatable bonds is 6. The topological polar surface area (TPSA) is 28.2 Å². The van der Waals surface area contributed by atoms with Crippen LogP contribution in [0.25, 0.3) is 0 Å². The maximum Gasteiger partial charge on any atom is 0.0642 e. The van der Waals surface area contributed by atoms with Gasteiger partial charge in [0.25, 0.3) is 0 Å². The van der Waals surface area contributed by atoms with Gasteiger partial charge < -0.3 is 10.2 Å². The van der Waals surface area contributed by atoms with E-state index in [1.54, 1.807) is 0 Å². The minimum Gasteiger partial charge on any atom is -0.373 e. The fraction of sp³-hybridized carbons (Fsp3) is 0.312. The Hall–Kier alpha value is -1.58. The number of nitrogens with one attached hydrogen (secondary N) is 1. The third kappa shape index (κ3) is 3.71. The third-order valence-electron chi connectivity index (χ3n) is 3.30. The molecular formula is C16H20ClN3. The fourth-order valence-corrected chi connectivity index (χ4v) is 2.62. The van der Waals surface area contributed by atoms with E-state index in [0.29, 0.717) is 0 Å². The van der Waals surface area contributed by atoms with E-state index in [4.69, 9.17) is 11.6 Å². The van der Waals surface area contributed by atoms with E-state index < -0.39 is 0 Å². The number of benzene rings is 1. The Morgan fingerprint density at radius 2 is 1.95 bits per heavy atom. The molecule has 0 unspecified atom stereocenters. The van der Waals surface area contributed by atoms with Crippen molar-refractivity contribution < 1.29 is 0 Å². The maximum atomic E-state index is 6.36. The average molecular weight is 290 g/mol. The number of halogens is 1. The molecule has 0 aliphatic heterocycles. The molecule has 3 nitrogen and oxygen atoms in total. The predicted octanol–water partition coefficient (Wildman–Crippen LogP) is 3.13. The van der Waals surface area contributed by atoms with E-state index >= 15 is 0 Å². The molecule has 2 rings (SSSR count). The van der Waals surface area contributed by atoms with E-state index in [0.717, 1.165) is 30.2 Å². The van der Waals surface area contributed by atoms with Gasteiger partial charge in [0.05, 0.1) is 10.7 Å². The van der Waals surface area contributed by atoms with Crippen LogP contribution in [0.2, 0.25) is 5.02 Å². The van der Waals surface area contributed by atoms with Crippen LogP contribution >= 0.6 is 11.6 Å². The summed E-state index contributed by atoms with van der Waals surface area (Å²) < 4.78 is 0. The van der Waals surface area contributed by atoms with E-state index in [1.807, 2.05) is 31.6 Å². The molecule has 0 radical (unpaired) electrons. The highest BCUT2D eigenvalue weighted by molar-refractivity contribution is 6.33. The Bertz CT molecular complexity index is 543. The lowest BCUT2D eigenvalue weighted by molar-refractivity contribution is 0.801. The minimum atomic E-state index is 0.801. The SMILES string of the molecule is CNCc1cccc(Cl)c1N(C)CCc1ccncc1. The van der Waals surface area contributed by atoms with Gasteiger partial charge in [0, 0.05) is 32.5 Å². The Morgan fingerprint density at radius 1 is 1.20 bits per heavy atom. The van der Waals surface area contributed by atoms with Crippen molar-refractivity contribution in [3.05, 3.63) is 58.9 Å². The zero-order chi connectivity index (χ0) is 14.4. The molecule has 1 aromatic carbocycles. The van der Waals surface area contributed by atoms with Gasteiger partial charge in [-0.05, 0) is 42.8 Å². The van der Waals surface area contributed by atoms with Gasteiger partial charge >= 0.3 is 0 Å². The molecule has 0 bridgehead atoms. The van der Waals surface area contributed by atoms with Crippen molar-refractivity contribution >= 4 is 17.3 Å². The Balaban J connectivity index is 2.10. The van der Waals surface area contributed by atoms with Gasteiger partial charge in [-0.2, -0.15) is 0 Å². The van der Waals surface area contributed by atoms with Gasteiger partial charge in [-0.25, -0.2) is 0 Å². The van der Waals surface area contributed by atoms with Crippen LogP contribution in [0.1, 0.15) is 11.1 Å². The Kier molecular flexibility index (Phi) is 5.39. The average Bonchev–Trinajstić information content (AvgIpc) is 2.46. The first-order chi connectivity index (χ1) is 9.72. The smallest absolute Gasteiger partial charge is 0.0642 e. The van der Waals surface area contributed by atoms with Gasteiger partial charge in [0.1, 0.15) is 0 Å². The van der Waals surface area contributed by atoms with Crippen molar-refractivity contribution in [2.24, 2.45) is 0 Å². The van der Waals surface area contributed by atoms with Crippen LogP contribution in [0.3, 0.4) is 0 Å². The summed E-state index contributed by atoms with van der Waals surface area (Å²) in [6.07, 6.45) is 4.64. The Morgan fingerprint density at radius 3 is 2.65 bits per heavy atom. The lowest BCUT2D eigenvalue weighted by Crippen LogP contribution is -2.23. The van der Waals surface area contributed by atoms with E-state index in [1.165, 1.54) is 11.1 Å². The number of hydrogen-bond acceptors (Lipinski definition) is 3. The lowest BCUT2D eigenvalue weighted by Gasteiger charge is -2.24. The summed E-state index contributed by atoms with van der Waals surface area (Å²) in [6, 6.07) is 10.2. The van der Waals surface area contributed by atoms with Gasteiger partial charge in [-0.1, -0.05) is 23.7 Å². The number of likely N-dealkylation sites (N-methyl/N-ethyl adjacent to an activating group) is 1. The Labute approximate surface area is 125 Å². The van der Waals surface area contributed by atoms with Gasteiger partial charge in [-0.15, -0.1) is 0 Å². The van der Waals surface area contributed by atoms with Crippen molar-refractivity contribution in [1.82, 2.24) is 10.3 Å². The first-order valence-electron chi connectivity index (χ1n) is 6.74. The van der Waals surface area contributed by atoms with Crippen molar-refractivity contribution in [3.63, 3.8) is 0 Å². The second-order valence-corrected chi connectivity index (χ2v) is 5.21. The second kappa shape index (κ2) is 7.27. The van der Waals surface area contributed by atoms with E-state index in [-0.39, 0.29) is 0 Å². The molecule has 0 amide bonds. The first-order valence-corrected chi connectivity index (χ1v) is 7.12. The number of nitrogens with zero attached hydrogens (tertiary/aromatic N) is 2. The molecule has 0 fully saturated rings. The van der Waals surface area contributed by atoms with E-state index in [9.17, 15) is 0 Å². The summed E-state index contributed by atoms with van der Waals surface area (Å²) in [7, 11) is 4.03. The van der Waals surface area contributed by atoms with Crippen molar-refractivity contribution in [2.75, 3.05) is 25.5 Å². The normalized spacial score (nSPS) is 10.6. The third-order valence-corrected chi connectivity index (χ3v) is 3.61. The van der Waals surface area contributed by atoms with Crippen LogP contribution < -0.4 is 10.2 Å². The van der Waals surface area contributed by atoms with Crippen LogP contribution in [0.4, 0.5) is 5.69 Å². The van der Waals surface area contributed by atoms with Gasteiger partial charge in [0.2, 0.25) is 0 Å². The molecule has 20 heavy (non-hydrogen) atoms. The summed E-state index contributed by atoms with van der Waals surface area (Å²) in [5.41, 5.74) is 3.61. The number of para-hydroxylation sites is 1. The first kappa shape index (κ1) is 14.8. The van der Waals surface area contributed by atoms with Crippen LogP contribution in [0, 0.1) is 0 Å². The molecular weight excluding hydrogens is 270 g/mol. The molecule has 1 aromatic heterocycles. The number of pyridine rings is 1. The number of aromatic nitrogens is 1. The largest absolute Gasteiger partial charge is 0.373 e. The molecule has 4 heteroatoms. The summed E-state index contributed by atoms with van der Waals surface area (Å²) in [5, 5.41) is 3.99. The second-order valence-electron chi connectivity index (χ2n) is 4.80. The highest BCUT2D eigenvalue weighted by atomic mass is 35.5. The van der Waals surface area contributed by atoms with Crippen molar-refractivity contribution in [2.45, 2.75) is 13.0 Å². The summed E-state index contributed by atoms with van der Waals surface area (Å²) >= 11 is 6.36. The highest BCUT2D eigenvalue weighted by Crippen LogP contribution is 2.29. The maximum absolute atomic E-state index is 6.36. The van der Waals surface area contributed by atoms with Crippen LogP contribution in [0.5, 0.6) is 0 Å². The molecule has 0 aliphatic carbocycles. The zero-order valence-corrected chi connectivity index (χ0v) is 12.7. The monoisotopic (exact) mass is 289 g/mol. The van der Waals surface area contributed by atoms with Gasteiger partial charge in [0.15, 0.2) is 0 Å².